The lowest BCUT2D eigenvalue weighted by Crippen LogP contribution is -2.38. The Morgan fingerprint density at radius 1 is 1.67 bits per heavy atom. The van der Waals surface area contributed by atoms with Gasteiger partial charge in [-0.3, -0.25) is 4.79 Å². The molecular formula is C13H19N3O2. The van der Waals surface area contributed by atoms with Crippen molar-refractivity contribution in [3.05, 3.63) is 23.9 Å². The van der Waals surface area contributed by atoms with Crippen LogP contribution >= 0.6 is 0 Å². The van der Waals surface area contributed by atoms with Crippen molar-refractivity contribution in [1.29, 1.82) is 0 Å². The summed E-state index contributed by atoms with van der Waals surface area (Å²) in [4.78, 5) is 18.4. The molecule has 0 aromatic carbocycles. The van der Waals surface area contributed by atoms with Crippen LogP contribution in [0.4, 0.5) is 5.82 Å². The van der Waals surface area contributed by atoms with Gasteiger partial charge < -0.3 is 15.0 Å². The Morgan fingerprint density at radius 3 is 3.22 bits per heavy atom. The standard InChI is InChI=1S/C13H19N3O2/c1-14-12-8-10(5-6-15-12)13(17)16-7-3-4-11(16)9-18-2/h5-6,8,11H,3-4,7,9H2,1-2H3,(H,14,15)/t11-/m1/s1. The Bertz CT molecular complexity index is 422. The van der Waals surface area contributed by atoms with Gasteiger partial charge in [0.2, 0.25) is 0 Å². The highest BCUT2D eigenvalue weighted by molar-refractivity contribution is 5.95. The summed E-state index contributed by atoms with van der Waals surface area (Å²) < 4.78 is 5.17. The summed E-state index contributed by atoms with van der Waals surface area (Å²) >= 11 is 0. The second-order valence-corrected chi connectivity index (χ2v) is 4.43. The van der Waals surface area contributed by atoms with Crippen LogP contribution in [-0.2, 0) is 4.74 Å². The predicted octanol–water partition coefficient (Wildman–Crippen LogP) is 1.37. The smallest absolute Gasteiger partial charge is 0.254 e. The maximum atomic E-state index is 12.4. The normalized spacial score (nSPS) is 19.0. The Labute approximate surface area is 107 Å². The predicted molar refractivity (Wildman–Crippen MR) is 69.7 cm³/mol. The summed E-state index contributed by atoms with van der Waals surface area (Å²) in [7, 11) is 3.46. The molecule has 98 valence electrons. The van der Waals surface area contributed by atoms with Crippen molar-refractivity contribution in [1.82, 2.24) is 9.88 Å². The van der Waals surface area contributed by atoms with Gasteiger partial charge in [-0.05, 0) is 25.0 Å². The van der Waals surface area contributed by atoms with E-state index in [1.54, 1.807) is 32.5 Å². The van der Waals surface area contributed by atoms with Crippen molar-refractivity contribution >= 4 is 11.7 Å². The summed E-state index contributed by atoms with van der Waals surface area (Å²) in [6, 6.07) is 3.74. The molecule has 0 bridgehead atoms. The summed E-state index contributed by atoms with van der Waals surface area (Å²) in [6.07, 6.45) is 3.72. The number of rotatable bonds is 4. The molecule has 1 N–H and O–H groups in total. The van der Waals surface area contributed by atoms with Crippen LogP contribution in [0, 0.1) is 0 Å². The molecule has 0 spiro atoms. The quantitative estimate of drug-likeness (QED) is 0.875. The molecule has 0 saturated carbocycles. The molecule has 1 amide bonds. The topological polar surface area (TPSA) is 54.5 Å². The first kappa shape index (κ1) is 12.8. The minimum atomic E-state index is 0.0634. The highest BCUT2D eigenvalue weighted by atomic mass is 16.5. The zero-order valence-corrected chi connectivity index (χ0v) is 10.8. The lowest BCUT2D eigenvalue weighted by Gasteiger charge is -2.24. The van der Waals surface area contributed by atoms with Crippen molar-refractivity contribution in [3.8, 4) is 0 Å². The van der Waals surface area contributed by atoms with Gasteiger partial charge in [-0.1, -0.05) is 0 Å². The lowest BCUT2D eigenvalue weighted by atomic mass is 10.2. The Balaban J connectivity index is 2.14. The maximum Gasteiger partial charge on any atom is 0.254 e. The van der Waals surface area contributed by atoms with Gasteiger partial charge in [0.05, 0.1) is 12.6 Å². The number of likely N-dealkylation sites (tertiary alicyclic amines) is 1. The number of methoxy groups -OCH3 is 1. The minimum Gasteiger partial charge on any atom is -0.383 e. The molecule has 1 aromatic heterocycles. The highest BCUT2D eigenvalue weighted by Crippen LogP contribution is 2.20. The van der Waals surface area contributed by atoms with Gasteiger partial charge >= 0.3 is 0 Å². The van der Waals surface area contributed by atoms with Crippen LogP contribution in [0.15, 0.2) is 18.3 Å². The van der Waals surface area contributed by atoms with Crippen molar-refractivity contribution < 1.29 is 9.53 Å². The first-order valence-electron chi connectivity index (χ1n) is 6.20. The zero-order valence-electron chi connectivity index (χ0n) is 10.8. The number of amides is 1. The summed E-state index contributed by atoms with van der Waals surface area (Å²) in [5.41, 5.74) is 0.678. The molecule has 1 aliphatic heterocycles. The van der Waals surface area contributed by atoms with E-state index in [1.807, 2.05) is 4.90 Å². The number of anilines is 1. The van der Waals surface area contributed by atoms with Crippen molar-refractivity contribution in [3.63, 3.8) is 0 Å². The van der Waals surface area contributed by atoms with Crippen molar-refractivity contribution in [2.24, 2.45) is 0 Å². The van der Waals surface area contributed by atoms with Crippen LogP contribution in [0.3, 0.4) is 0 Å². The average molecular weight is 249 g/mol. The fourth-order valence-electron chi connectivity index (χ4n) is 2.33. The minimum absolute atomic E-state index is 0.0634. The number of carbonyl (C=O) groups excluding carboxylic acids is 1. The average Bonchev–Trinajstić information content (AvgIpc) is 2.86. The number of hydrogen-bond acceptors (Lipinski definition) is 4. The molecule has 1 atom stereocenters. The number of pyridine rings is 1. The van der Waals surface area contributed by atoms with Gasteiger partial charge in [0, 0.05) is 32.5 Å². The molecule has 5 heteroatoms. The Hall–Kier alpha value is -1.62. The third kappa shape index (κ3) is 2.61. The lowest BCUT2D eigenvalue weighted by molar-refractivity contribution is 0.0630. The zero-order chi connectivity index (χ0) is 13.0. The SMILES string of the molecule is CNc1cc(C(=O)N2CCC[C@@H]2COC)ccn1. The van der Waals surface area contributed by atoms with Gasteiger partial charge in [-0.25, -0.2) is 4.98 Å². The number of nitrogens with zero attached hydrogens (tertiary/aromatic N) is 2. The monoisotopic (exact) mass is 249 g/mol. The van der Waals surface area contributed by atoms with Crippen LogP contribution in [0.2, 0.25) is 0 Å². The Kier molecular flexibility index (Phi) is 4.15. The third-order valence-electron chi connectivity index (χ3n) is 3.26. The van der Waals surface area contributed by atoms with E-state index in [-0.39, 0.29) is 11.9 Å². The number of aromatic nitrogens is 1. The number of hydrogen-bond donors (Lipinski definition) is 1. The van der Waals surface area contributed by atoms with Crippen molar-refractivity contribution in [2.75, 3.05) is 32.6 Å². The largest absolute Gasteiger partial charge is 0.383 e. The molecule has 0 aliphatic carbocycles. The summed E-state index contributed by atoms with van der Waals surface area (Å²) in [5.74, 6) is 0.775. The van der Waals surface area contributed by atoms with Gasteiger partial charge in [0.25, 0.3) is 5.91 Å². The second-order valence-electron chi connectivity index (χ2n) is 4.43. The van der Waals surface area contributed by atoms with E-state index < -0.39 is 0 Å². The molecule has 1 aliphatic rings. The fraction of sp³-hybridized carbons (Fsp3) is 0.538. The Morgan fingerprint density at radius 2 is 2.50 bits per heavy atom. The summed E-state index contributed by atoms with van der Waals surface area (Å²) in [5, 5.41) is 2.94. The van der Waals surface area contributed by atoms with Crippen LogP contribution in [0.1, 0.15) is 23.2 Å². The first-order valence-corrected chi connectivity index (χ1v) is 6.20. The van der Waals surface area contributed by atoms with Crippen LogP contribution < -0.4 is 5.32 Å². The molecule has 2 heterocycles. The number of carbonyl (C=O) groups is 1. The van der Waals surface area contributed by atoms with Gasteiger partial charge in [-0.15, -0.1) is 0 Å². The van der Waals surface area contributed by atoms with Crippen molar-refractivity contribution in [2.45, 2.75) is 18.9 Å². The van der Waals surface area contributed by atoms with Gasteiger partial charge in [-0.2, -0.15) is 0 Å². The van der Waals surface area contributed by atoms with E-state index in [2.05, 4.69) is 10.3 Å². The summed E-state index contributed by atoms with van der Waals surface area (Å²) in [6.45, 7) is 1.42. The van der Waals surface area contributed by atoms with E-state index in [0.29, 0.717) is 18.0 Å². The van der Waals surface area contributed by atoms with E-state index in [1.165, 1.54) is 0 Å². The van der Waals surface area contributed by atoms with Gasteiger partial charge in [0.1, 0.15) is 5.82 Å². The number of ether oxygens (including phenoxy) is 1. The third-order valence-corrected chi connectivity index (χ3v) is 3.26. The molecule has 18 heavy (non-hydrogen) atoms. The first-order chi connectivity index (χ1) is 8.76. The van der Waals surface area contributed by atoms with Crippen LogP contribution in [0.5, 0.6) is 0 Å². The molecule has 0 unspecified atom stereocenters. The fourth-order valence-corrected chi connectivity index (χ4v) is 2.33. The maximum absolute atomic E-state index is 12.4. The van der Waals surface area contributed by atoms with E-state index in [9.17, 15) is 4.79 Å². The molecule has 0 radical (unpaired) electrons. The van der Waals surface area contributed by atoms with E-state index in [0.717, 1.165) is 19.4 Å². The van der Waals surface area contributed by atoms with Crippen LogP contribution in [-0.4, -0.2) is 49.1 Å². The van der Waals surface area contributed by atoms with E-state index in [4.69, 9.17) is 4.74 Å². The molecule has 2 rings (SSSR count). The molecular weight excluding hydrogens is 230 g/mol. The molecule has 1 saturated heterocycles. The molecule has 1 aromatic rings. The van der Waals surface area contributed by atoms with Gasteiger partial charge in [0.15, 0.2) is 0 Å². The van der Waals surface area contributed by atoms with Crippen LogP contribution in [0.25, 0.3) is 0 Å². The van der Waals surface area contributed by atoms with E-state index >= 15 is 0 Å². The highest BCUT2D eigenvalue weighted by Gasteiger charge is 2.29. The number of nitrogens with one attached hydrogen (secondary N) is 1. The second kappa shape index (κ2) is 5.82. The molecule has 5 nitrogen and oxygen atoms in total. The molecule has 1 fully saturated rings.